The number of hydrogen-bond donors (Lipinski definition) is 4. The number of amides is 2. The van der Waals surface area contributed by atoms with Crippen molar-refractivity contribution in [3.8, 4) is 0 Å². The van der Waals surface area contributed by atoms with Crippen LogP contribution in [0.1, 0.15) is 17.5 Å². The molecule has 0 radical (unpaired) electrons. The maximum Gasteiger partial charge on any atom is 0.261 e. The normalized spacial score (nSPS) is 23.0. The Morgan fingerprint density at radius 2 is 1.80 bits per heavy atom. The SMILES string of the molecule is O=C(CO/N=C1/C(=C2\C(=O)Nc3ccccc32)Nc2ccccc21)NC1CCNC1. The van der Waals surface area contributed by atoms with Crippen molar-refractivity contribution in [1.29, 1.82) is 0 Å². The molecule has 2 amide bonds. The van der Waals surface area contributed by atoms with Crippen LogP contribution in [0.3, 0.4) is 0 Å². The van der Waals surface area contributed by atoms with Crippen LogP contribution in [0.2, 0.25) is 0 Å². The Hall–Kier alpha value is -3.65. The maximum absolute atomic E-state index is 12.7. The standard InChI is InChI=1S/C22H21N5O3/c28-18(24-13-9-10-23-11-13)12-30-27-20-15-6-2-4-8-17(15)25-21(20)19-14-5-1-3-7-16(14)26-22(19)29/h1-8,13,23,25H,9-12H2,(H,24,28)(H,26,29)/b21-19+,27-20+. The Kier molecular flexibility index (Phi) is 4.68. The van der Waals surface area contributed by atoms with Gasteiger partial charge in [0.25, 0.3) is 11.8 Å². The van der Waals surface area contributed by atoms with Crippen molar-refractivity contribution >= 4 is 34.5 Å². The molecular weight excluding hydrogens is 382 g/mol. The van der Waals surface area contributed by atoms with Crippen molar-refractivity contribution in [3.05, 3.63) is 65.4 Å². The lowest BCUT2D eigenvalue weighted by atomic mass is 10.0. The number of carbonyl (C=O) groups excluding carboxylic acids is 2. The molecule has 30 heavy (non-hydrogen) atoms. The number of oxime groups is 1. The molecule has 0 saturated carbocycles. The van der Waals surface area contributed by atoms with E-state index < -0.39 is 0 Å². The molecule has 4 N–H and O–H groups in total. The summed E-state index contributed by atoms with van der Waals surface area (Å²) >= 11 is 0. The molecule has 3 aliphatic rings. The maximum atomic E-state index is 12.7. The highest BCUT2D eigenvalue weighted by Crippen LogP contribution is 2.38. The van der Waals surface area contributed by atoms with Gasteiger partial charge in [0.1, 0.15) is 5.71 Å². The van der Waals surface area contributed by atoms with Gasteiger partial charge in [-0.3, -0.25) is 9.59 Å². The first-order chi connectivity index (χ1) is 14.7. The van der Waals surface area contributed by atoms with Gasteiger partial charge < -0.3 is 26.1 Å². The number of carbonyl (C=O) groups is 2. The first-order valence-electron chi connectivity index (χ1n) is 9.92. The van der Waals surface area contributed by atoms with E-state index in [2.05, 4.69) is 26.4 Å². The van der Waals surface area contributed by atoms with Crippen LogP contribution in [0.5, 0.6) is 0 Å². The van der Waals surface area contributed by atoms with Gasteiger partial charge in [0.15, 0.2) is 6.61 Å². The molecule has 1 saturated heterocycles. The zero-order chi connectivity index (χ0) is 20.5. The van der Waals surface area contributed by atoms with E-state index in [0.29, 0.717) is 17.0 Å². The number of allylic oxidation sites excluding steroid dienone is 1. The monoisotopic (exact) mass is 403 g/mol. The predicted molar refractivity (Wildman–Crippen MR) is 114 cm³/mol. The van der Waals surface area contributed by atoms with Gasteiger partial charge in [-0.15, -0.1) is 0 Å². The minimum Gasteiger partial charge on any atom is -0.385 e. The van der Waals surface area contributed by atoms with Gasteiger partial charge in [0.2, 0.25) is 0 Å². The molecule has 8 nitrogen and oxygen atoms in total. The van der Waals surface area contributed by atoms with Crippen molar-refractivity contribution < 1.29 is 14.4 Å². The van der Waals surface area contributed by atoms with Crippen LogP contribution in [-0.4, -0.2) is 43.3 Å². The fourth-order valence-corrected chi connectivity index (χ4v) is 3.97. The highest BCUT2D eigenvalue weighted by atomic mass is 16.6. The van der Waals surface area contributed by atoms with E-state index in [0.717, 1.165) is 42.0 Å². The Bertz CT molecular complexity index is 1090. The molecule has 0 spiro atoms. The molecule has 2 aromatic rings. The third-order valence-electron chi connectivity index (χ3n) is 5.38. The van der Waals surface area contributed by atoms with Crippen molar-refractivity contribution in [2.75, 3.05) is 30.3 Å². The van der Waals surface area contributed by atoms with Crippen LogP contribution in [0.15, 0.2) is 59.4 Å². The Labute approximate surface area is 173 Å². The van der Waals surface area contributed by atoms with Gasteiger partial charge in [-0.25, -0.2) is 0 Å². The van der Waals surface area contributed by atoms with Gasteiger partial charge in [0, 0.05) is 35.1 Å². The van der Waals surface area contributed by atoms with Gasteiger partial charge in [-0.05, 0) is 25.1 Å². The molecule has 1 atom stereocenters. The molecule has 2 aromatic carbocycles. The second-order valence-electron chi connectivity index (χ2n) is 7.39. The Morgan fingerprint density at radius 1 is 1.07 bits per heavy atom. The van der Waals surface area contributed by atoms with E-state index in [4.69, 9.17) is 4.84 Å². The van der Waals surface area contributed by atoms with E-state index in [1.54, 1.807) is 0 Å². The number of hydrogen-bond acceptors (Lipinski definition) is 6. The van der Waals surface area contributed by atoms with Crippen LogP contribution in [-0.2, 0) is 14.4 Å². The molecule has 0 aliphatic carbocycles. The summed E-state index contributed by atoms with van der Waals surface area (Å²) in [5.74, 6) is -0.420. The second-order valence-corrected chi connectivity index (χ2v) is 7.39. The van der Waals surface area contributed by atoms with Crippen molar-refractivity contribution in [2.45, 2.75) is 12.5 Å². The summed E-state index contributed by atoms with van der Waals surface area (Å²) in [6.07, 6.45) is 0.905. The van der Waals surface area contributed by atoms with E-state index in [1.165, 1.54) is 0 Å². The number of para-hydroxylation sites is 2. The highest BCUT2D eigenvalue weighted by Gasteiger charge is 2.34. The Balaban J connectivity index is 1.44. The van der Waals surface area contributed by atoms with Gasteiger partial charge in [0.05, 0.1) is 11.3 Å². The first kappa shape index (κ1) is 18.4. The van der Waals surface area contributed by atoms with E-state index in [-0.39, 0.29) is 24.5 Å². The number of nitrogens with zero attached hydrogens (tertiary/aromatic N) is 1. The summed E-state index contributed by atoms with van der Waals surface area (Å²) in [6, 6.07) is 15.3. The molecule has 0 aromatic heterocycles. The Morgan fingerprint density at radius 3 is 2.57 bits per heavy atom. The molecular formula is C22H21N5O3. The van der Waals surface area contributed by atoms with Crippen molar-refractivity contribution in [1.82, 2.24) is 10.6 Å². The fourth-order valence-electron chi connectivity index (χ4n) is 3.97. The number of nitrogens with one attached hydrogen (secondary N) is 4. The van der Waals surface area contributed by atoms with Crippen LogP contribution >= 0.6 is 0 Å². The highest BCUT2D eigenvalue weighted by molar-refractivity contribution is 6.39. The minimum absolute atomic E-state index is 0.124. The first-order valence-corrected chi connectivity index (χ1v) is 9.92. The third kappa shape index (κ3) is 3.31. The lowest BCUT2D eigenvalue weighted by molar-refractivity contribution is -0.126. The zero-order valence-corrected chi connectivity index (χ0v) is 16.2. The summed E-state index contributed by atoms with van der Waals surface area (Å²) < 4.78 is 0. The van der Waals surface area contributed by atoms with Crippen LogP contribution in [0, 0.1) is 0 Å². The van der Waals surface area contributed by atoms with Crippen LogP contribution < -0.4 is 21.3 Å². The quantitative estimate of drug-likeness (QED) is 0.459. The molecule has 8 heteroatoms. The van der Waals surface area contributed by atoms with Crippen molar-refractivity contribution in [3.63, 3.8) is 0 Å². The topological polar surface area (TPSA) is 104 Å². The minimum atomic E-state index is -0.217. The van der Waals surface area contributed by atoms with Crippen molar-refractivity contribution in [2.24, 2.45) is 5.16 Å². The predicted octanol–water partition coefficient (Wildman–Crippen LogP) is 1.67. The number of rotatable bonds is 4. The van der Waals surface area contributed by atoms with Crippen LogP contribution in [0.25, 0.3) is 5.57 Å². The molecule has 0 bridgehead atoms. The van der Waals surface area contributed by atoms with Gasteiger partial charge in [-0.1, -0.05) is 41.6 Å². The van der Waals surface area contributed by atoms with E-state index >= 15 is 0 Å². The average Bonchev–Trinajstić information content (AvgIpc) is 3.45. The summed E-state index contributed by atoms with van der Waals surface area (Å²) in [7, 11) is 0. The molecule has 3 heterocycles. The van der Waals surface area contributed by atoms with Gasteiger partial charge >= 0.3 is 0 Å². The molecule has 1 unspecified atom stereocenters. The zero-order valence-electron chi connectivity index (χ0n) is 16.2. The lowest BCUT2D eigenvalue weighted by Crippen LogP contribution is -2.38. The molecule has 152 valence electrons. The largest absolute Gasteiger partial charge is 0.385 e. The number of benzene rings is 2. The second kappa shape index (κ2) is 7.64. The van der Waals surface area contributed by atoms with E-state index in [1.807, 2.05) is 48.5 Å². The summed E-state index contributed by atoms with van der Waals surface area (Å²) in [4.78, 5) is 30.3. The summed E-state index contributed by atoms with van der Waals surface area (Å²) in [6.45, 7) is 1.48. The lowest BCUT2D eigenvalue weighted by Gasteiger charge is -2.10. The summed E-state index contributed by atoms with van der Waals surface area (Å²) in [5.41, 5.74) is 4.79. The number of anilines is 2. The fraction of sp³-hybridized carbons (Fsp3) is 0.227. The van der Waals surface area contributed by atoms with Gasteiger partial charge in [-0.2, -0.15) is 0 Å². The molecule has 5 rings (SSSR count). The van der Waals surface area contributed by atoms with Crippen LogP contribution in [0.4, 0.5) is 11.4 Å². The molecule has 1 fully saturated rings. The average molecular weight is 403 g/mol. The third-order valence-corrected chi connectivity index (χ3v) is 5.38. The number of fused-ring (bicyclic) bond motifs is 2. The smallest absolute Gasteiger partial charge is 0.261 e. The van der Waals surface area contributed by atoms with E-state index in [9.17, 15) is 9.59 Å². The summed E-state index contributed by atoms with van der Waals surface area (Å²) in [5, 5.41) is 16.6. The molecule has 3 aliphatic heterocycles.